The van der Waals surface area contributed by atoms with Gasteiger partial charge in [0.15, 0.2) is 0 Å². The van der Waals surface area contributed by atoms with Gasteiger partial charge in [0.25, 0.3) is 10.0 Å². The first-order valence-corrected chi connectivity index (χ1v) is 10.3. The molecule has 1 saturated heterocycles. The Labute approximate surface area is 164 Å². The number of amides is 1. The van der Waals surface area contributed by atoms with Crippen molar-refractivity contribution in [2.45, 2.75) is 31.6 Å². The molecule has 1 aliphatic rings. The van der Waals surface area contributed by atoms with Gasteiger partial charge in [-0.15, -0.1) is 0 Å². The van der Waals surface area contributed by atoms with Crippen molar-refractivity contribution in [2.75, 3.05) is 23.3 Å². The molecular weight excluding hydrogens is 380 g/mol. The lowest BCUT2D eigenvalue weighted by atomic mass is 10.1. The Morgan fingerprint density at radius 3 is 2.46 bits per heavy atom. The van der Waals surface area contributed by atoms with Crippen molar-refractivity contribution >= 4 is 33.3 Å². The summed E-state index contributed by atoms with van der Waals surface area (Å²) in [5.74, 6) is -0.497. The third kappa shape index (κ3) is 3.87. The summed E-state index contributed by atoms with van der Waals surface area (Å²) in [4.78, 5) is 25.4. The van der Waals surface area contributed by atoms with Gasteiger partial charge >= 0.3 is 5.97 Å². The lowest BCUT2D eigenvalue weighted by Gasteiger charge is -2.19. The fourth-order valence-electron chi connectivity index (χ4n) is 3.18. The van der Waals surface area contributed by atoms with Crippen molar-refractivity contribution in [3.8, 4) is 0 Å². The van der Waals surface area contributed by atoms with Crippen LogP contribution in [0.2, 0.25) is 0 Å². The summed E-state index contributed by atoms with van der Waals surface area (Å²) in [6.45, 7) is 4.17. The maximum atomic E-state index is 12.8. The molecule has 0 unspecified atom stereocenters. The van der Waals surface area contributed by atoms with Crippen LogP contribution in [-0.4, -0.2) is 33.9 Å². The number of rotatable bonds is 5. The van der Waals surface area contributed by atoms with Gasteiger partial charge in [0, 0.05) is 18.7 Å². The van der Waals surface area contributed by atoms with Gasteiger partial charge < -0.3 is 9.64 Å². The summed E-state index contributed by atoms with van der Waals surface area (Å²) in [7, 11) is -2.60. The van der Waals surface area contributed by atoms with Gasteiger partial charge in [-0.05, 0) is 61.7 Å². The van der Waals surface area contributed by atoms with Crippen LogP contribution in [0.4, 0.5) is 11.4 Å². The molecule has 0 aliphatic carbocycles. The van der Waals surface area contributed by atoms with E-state index in [9.17, 15) is 18.0 Å². The van der Waals surface area contributed by atoms with Gasteiger partial charge in [-0.2, -0.15) is 0 Å². The molecule has 28 heavy (non-hydrogen) atoms. The van der Waals surface area contributed by atoms with Crippen LogP contribution in [0.1, 0.15) is 34.3 Å². The Bertz CT molecular complexity index is 1050. The minimum atomic E-state index is -3.87. The average molecular weight is 402 g/mol. The van der Waals surface area contributed by atoms with E-state index < -0.39 is 16.0 Å². The third-order valence-corrected chi connectivity index (χ3v) is 6.11. The van der Waals surface area contributed by atoms with Crippen molar-refractivity contribution in [1.29, 1.82) is 0 Å². The molecule has 0 bridgehead atoms. The zero-order valence-electron chi connectivity index (χ0n) is 16.0. The maximum absolute atomic E-state index is 12.8. The Morgan fingerprint density at radius 1 is 1.11 bits per heavy atom. The zero-order chi connectivity index (χ0) is 20.5. The number of anilines is 2. The predicted octanol–water partition coefficient (Wildman–Crippen LogP) is 3.02. The Morgan fingerprint density at radius 2 is 1.86 bits per heavy atom. The van der Waals surface area contributed by atoms with E-state index in [0.29, 0.717) is 29.8 Å². The zero-order valence-corrected chi connectivity index (χ0v) is 16.8. The molecule has 2 aromatic rings. The van der Waals surface area contributed by atoms with E-state index in [4.69, 9.17) is 0 Å². The first kappa shape index (κ1) is 19.9. The average Bonchev–Trinajstić information content (AvgIpc) is 3.08. The number of carbonyl (C=O) groups is 2. The van der Waals surface area contributed by atoms with E-state index >= 15 is 0 Å². The van der Waals surface area contributed by atoms with Crippen molar-refractivity contribution in [1.82, 2.24) is 0 Å². The van der Waals surface area contributed by atoms with Crippen molar-refractivity contribution in [3.05, 3.63) is 53.1 Å². The summed E-state index contributed by atoms with van der Waals surface area (Å²) in [6, 6.07) is 9.36. The summed E-state index contributed by atoms with van der Waals surface area (Å²) in [5.41, 5.74) is 2.67. The van der Waals surface area contributed by atoms with E-state index in [1.54, 1.807) is 43.0 Å². The molecular formula is C20H22N2O5S. The highest BCUT2D eigenvalue weighted by atomic mass is 32.2. The van der Waals surface area contributed by atoms with Crippen LogP contribution in [0.5, 0.6) is 0 Å². The highest BCUT2D eigenvalue weighted by Gasteiger charge is 2.24. The van der Waals surface area contributed by atoms with Crippen LogP contribution in [0.15, 0.2) is 41.3 Å². The second kappa shape index (κ2) is 7.63. The Hall–Kier alpha value is -2.87. The first-order valence-electron chi connectivity index (χ1n) is 8.86. The van der Waals surface area contributed by atoms with Crippen LogP contribution in [-0.2, 0) is 19.6 Å². The van der Waals surface area contributed by atoms with Gasteiger partial charge in [0.05, 0.1) is 23.3 Å². The number of benzene rings is 2. The second-order valence-corrected chi connectivity index (χ2v) is 8.41. The van der Waals surface area contributed by atoms with Crippen molar-refractivity contribution in [2.24, 2.45) is 0 Å². The molecule has 2 aromatic carbocycles. The number of methoxy groups -OCH3 is 1. The molecule has 1 fully saturated rings. The van der Waals surface area contributed by atoms with Crippen LogP contribution in [0, 0.1) is 13.8 Å². The Balaban J connectivity index is 1.90. The molecule has 3 rings (SSSR count). The topological polar surface area (TPSA) is 92.8 Å². The number of nitrogens with zero attached hydrogens (tertiary/aromatic N) is 1. The number of esters is 1. The maximum Gasteiger partial charge on any atom is 0.337 e. The Kier molecular flexibility index (Phi) is 5.42. The molecule has 8 heteroatoms. The number of sulfonamides is 1. The normalized spacial score (nSPS) is 14.2. The SMILES string of the molecule is COC(=O)c1ccc(C)c(NS(=O)(=O)c2ccc(N3CCCC3=O)c(C)c2)c1. The van der Waals surface area contributed by atoms with E-state index in [1.165, 1.54) is 19.2 Å². The summed E-state index contributed by atoms with van der Waals surface area (Å²) in [6.07, 6.45) is 1.31. The smallest absolute Gasteiger partial charge is 0.337 e. The van der Waals surface area contributed by atoms with Gasteiger partial charge in [-0.1, -0.05) is 6.07 Å². The van der Waals surface area contributed by atoms with Crippen molar-refractivity contribution < 1.29 is 22.7 Å². The molecule has 1 heterocycles. The summed E-state index contributed by atoms with van der Waals surface area (Å²) < 4.78 is 32.9. The van der Waals surface area contributed by atoms with Crippen LogP contribution >= 0.6 is 0 Å². The standard InChI is InChI=1S/C20H22N2O5S/c1-13-6-7-15(20(24)27-3)12-17(13)21-28(25,26)16-8-9-18(14(2)11-16)22-10-4-5-19(22)23/h6-9,11-12,21H,4-5,10H2,1-3H3. The lowest BCUT2D eigenvalue weighted by molar-refractivity contribution is -0.117. The number of hydrogen-bond donors (Lipinski definition) is 1. The number of ether oxygens (including phenoxy) is 1. The van der Waals surface area contributed by atoms with Gasteiger partial charge in [0.2, 0.25) is 5.91 Å². The minimum absolute atomic E-state index is 0.0482. The fraction of sp³-hybridized carbons (Fsp3) is 0.300. The highest BCUT2D eigenvalue weighted by molar-refractivity contribution is 7.92. The highest BCUT2D eigenvalue weighted by Crippen LogP contribution is 2.28. The van der Waals surface area contributed by atoms with Gasteiger partial charge in [-0.25, -0.2) is 13.2 Å². The summed E-state index contributed by atoms with van der Waals surface area (Å²) in [5, 5.41) is 0. The molecule has 148 valence electrons. The molecule has 0 saturated carbocycles. The van der Waals surface area contributed by atoms with Crippen molar-refractivity contribution in [3.63, 3.8) is 0 Å². The number of aryl methyl sites for hydroxylation is 2. The van der Waals surface area contributed by atoms with E-state index in [2.05, 4.69) is 9.46 Å². The van der Waals surface area contributed by atoms with E-state index in [0.717, 1.165) is 12.1 Å². The minimum Gasteiger partial charge on any atom is -0.465 e. The van der Waals surface area contributed by atoms with Crippen LogP contribution < -0.4 is 9.62 Å². The monoisotopic (exact) mass is 402 g/mol. The first-order chi connectivity index (χ1) is 13.2. The third-order valence-electron chi connectivity index (χ3n) is 4.75. The van der Waals surface area contributed by atoms with E-state index in [-0.39, 0.29) is 16.4 Å². The van der Waals surface area contributed by atoms with E-state index in [1.807, 2.05) is 0 Å². The predicted molar refractivity (Wildman–Crippen MR) is 106 cm³/mol. The molecule has 0 radical (unpaired) electrons. The van der Waals surface area contributed by atoms with Crippen LogP contribution in [0.25, 0.3) is 0 Å². The molecule has 0 aromatic heterocycles. The number of carbonyl (C=O) groups excluding carboxylic acids is 2. The second-order valence-electron chi connectivity index (χ2n) is 6.72. The molecule has 1 aliphatic heterocycles. The van der Waals surface area contributed by atoms with Crippen LogP contribution in [0.3, 0.4) is 0 Å². The molecule has 7 nitrogen and oxygen atoms in total. The fourth-order valence-corrected chi connectivity index (χ4v) is 4.39. The lowest BCUT2D eigenvalue weighted by Crippen LogP contribution is -2.24. The number of hydrogen-bond acceptors (Lipinski definition) is 5. The van der Waals surface area contributed by atoms with Gasteiger partial charge in [0.1, 0.15) is 0 Å². The largest absolute Gasteiger partial charge is 0.465 e. The quantitative estimate of drug-likeness (QED) is 0.776. The molecule has 1 N–H and O–H groups in total. The molecule has 0 spiro atoms. The summed E-state index contributed by atoms with van der Waals surface area (Å²) >= 11 is 0. The molecule has 1 amide bonds. The van der Waals surface area contributed by atoms with Gasteiger partial charge in [-0.3, -0.25) is 9.52 Å². The molecule has 0 atom stereocenters. The number of nitrogens with one attached hydrogen (secondary N) is 1.